The molecule has 1 amide bonds. The summed E-state index contributed by atoms with van der Waals surface area (Å²) in [6.45, 7) is 0.584. The average Bonchev–Trinajstić information content (AvgIpc) is 2.67. The van der Waals surface area contributed by atoms with Crippen LogP contribution in [0.25, 0.3) is 0 Å². The molecule has 1 aliphatic rings. The molecule has 29 heavy (non-hydrogen) atoms. The van der Waals surface area contributed by atoms with E-state index >= 15 is 0 Å². The van der Waals surface area contributed by atoms with Crippen molar-refractivity contribution in [2.24, 2.45) is 0 Å². The molecule has 1 fully saturated rings. The minimum Gasteiger partial charge on any atom is -0.336 e. The third-order valence-electron chi connectivity index (χ3n) is 4.29. The number of amides is 1. The molecule has 0 aromatic heterocycles. The fourth-order valence-electron chi connectivity index (χ4n) is 2.89. The lowest BCUT2D eigenvalue weighted by atomic mass is 10.2. The van der Waals surface area contributed by atoms with Gasteiger partial charge in [-0.1, -0.05) is 17.7 Å². The van der Waals surface area contributed by atoms with Gasteiger partial charge in [-0.3, -0.25) is 4.79 Å². The van der Waals surface area contributed by atoms with Crippen LogP contribution < -0.4 is 0 Å². The summed E-state index contributed by atoms with van der Waals surface area (Å²) in [5.74, 6) is -0.353. The Morgan fingerprint density at radius 1 is 1.00 bits per heavy atom. The Labute approximate surface area is 175 Å². The van der Waals surface area contributed by atoms with Gasteiger partial charge in [-0.05, 0) is 54.2 Å². The number of carbonyl (C=O) groups excluding carboxylic acids is 1. The summed E-state index contributed by atoms with van der Waals surface area (Å²) in [6, 6.07) is 11.1. The van der Waals surface area contributed by atoms with E-state index in [1.54, 1.807) is 12.1 Å². The monoisotopic (exact) mass is 464 g/mol. The molecule has 1 heterocycles. The van der Waals surface area contributed by atoms with Gasteiger partial charge in [0.15, 0.2) is 0 Å². The Morgan fingerprint density at radius 3 is 2.17 bits per heavy atom. The van der Waals surface area contributed by atoms with E-state index in [0.717, 1.165) is 0 Å². The van der Waals surface area contributed by atoms with E-state index in [9.17, 15) is 26.4 Å². The number of carbonyl (C=O) groups is 1. The number of nitrogens with zero attached hydrogens (tertiary/aromatic N) is 2. The first-order chi connectivity index (χ1) is 13.6. The first-order valence-corrected chi connectivity index (χ1v) is 11.1. The van der Waals surface area contributed by atoms with Crippen molar-refractivity contribution in [2.75, 3.05) is 26.2 Å². The number of hydrogen-bond acceptors (Lipinski definition) is 4. The highest BCUT2D eigenvalue weighted by atomic mass is 35.5. The molecular weight excluding hydrogens is 449 g/mol. The highest BCUT2D eigenvalue weighted by molar-refractivity contribution is 8.00. The van der Waals surface area contributed by atoms with E-state index in [4.69, 9.17) is 11.6 Å². The third kappa shape index (κ3) is 5.44. The zero-order valence-corrected chi connectivity index (χ0v) is 17.3. The second kappa shape index (κ2) is 8.55. The van der Waals surface area contributed by atoms with Gasteiger partial charge in [0.1, 0.15) is 0 Å². The van der Waals surface area contributed by atoms with Crippen molar-refractivity contribution in [2.45, 2.75) is 15.3 Å². The van der Waals surface area contributed by atoms with Crippen LogP contribution in [0.15, 0.2) is 58.3 Å². The van der Waals surface area contributed by atoms with E-state index in [1.807, 2.05) is 0 Å². The summed E-state index contributed by atoms with van der Waals surface area (Å²) in [5.41, 5.74) is -4.14. The lowest BCUT2D eigenvalue weighted by Crippen LogP contribution is -2.50. The van der Waals surface area contributed by atoms with Crippen LogP contribution in [0, 0.1) is 0 Å². The molecule has 0 atom stereocenters. The van der Waals surface area contributed by atoms with Gasteiger partial charge in [0.25, 0.3) is 5.91 Å². The van der Waals surface area contributed by atoms with Crippen molar-refractivity contribution in [1.29, 1.82) is 0 Å². The number of piperazine rings is 1. The molecule has 2 aromatic rings. The van der Waals surface area contributed by atoms with Crippen molar-refractivity contribution in [3.05, 3.63) is 59.1 Å². The maximum atomic E-state index is 12.7. The van der Waals surface area contributed by atoms with Crippen LogP contribution in [0.2, 0.25) is 5.02 Å². The van der Waals surface area contributed by atoms with E-state index in [0.29, 0.717) is 5.02 Å². The Hall–Kier alpha value is -1.75. The third-order valence-corrected chi connectivity index (χ3v) is 7.16. The summed E-state index contributed by atoms with van der Waals surface area (Å²) in [6.07, 6.45) is 0. The highest BCUT2D eigenvalue weighted by Crippen LogP contribution is 2.36. The normalized spacial score (nSPS) is 16.1. The van der Waals surface area contributed by atoms with Gasteiger partial charge in [0, 0.05) is 41.7 Å². The number of rotatable bonds is 4. The molecule has 0 radical (unpaired) electrons. The minimum absolute atomic E-state index is 0.00788. The van der Waals surface area contributed by atoms with Crippen LogP contribution in [0.5, 0.6) is 0 Å². The molecule has 2 aromatic carbocycles. The van der Waals surface area contributed by atoms with E-state index < -0.39 is 15.5 Å². The van der Waals surface area contributed by atoms with Crippen molar-refractivity contribution in [3.8, 4) is 0 Å². The molecule has 1 saturated heterocycles. The van der Waals surface area contributed by atoms with Crippen molar-refractivity contribution < 1.29 is 26.4 Å². The molecule has 11 heteroatoms. The molecule has 156 valence electrons. The Bertz CT molecular complexity index is 990. The van der Waals surface area contributed by atoms with Crippen molar-refractivity contribution >= 4 is 39.3 Å². The average molecular weight is 465 g/mol. The van der Waals surface area contributed by atoms with Crippen LogP contribution >= 0.6 is 23.4 Å². The summed E-state index contributed by atoms with van der Waals surface area (Å²) in [5, 5.41) is 0.312. The molecule has 0 spiro atoms. The van der Waals surface area contributed by atoms with Gasteiger partial charge >= 0.3 is 5.51 Å². The van der Waals surface area contributed by atoms with Crippen molar-refractivity contribution in [1.82, 2.24) is 9.21 Å². The second-order valence-corrected chi connectivity index (χ2v) is 9.74. The van der Waals surface area contributed by atoms with Crippen LogP contribution in [0.4, 0.5) is 13.2 Å². The minimum atomic E-state index is -4.39. The van der Waals surface area contributed by atoms with Gasteiger partial charge in [0.05, 0.1) is 4.90 Å². The largest absolute Gasteiger partial charge is 0.446 e. The van der Waals surface area contributed by atoms with E-state index in [2.05, 4.69) is 0 Å². The molecule has 3 rings (SSSR count). The van der Waals surface area contributed by atoms with Gasteiger partial charge in [-0.2, -0.15) is 17.5 Å². The first-order valence-electron chi connectivity index (χ1n) is 8.47. The summed E-state index contributed by atoms with van der Waals surface area (Å²) >= 11 is 5.62. The number of sulfonamides is 1. The molecule has 1 aliphatic heterocycles. The zero-order chi connectivity index (χ0) is 21.2. The Morgan fingerprint density at radius 2 is 1.62 bits per heavy atom. The number of hydrogen-bond donors (Lipinski definition) is 0. The van der Waals surface area contributed by atoms with Gasteiger partial charge in [-0.25, -0.2) is 8.42 Å². The summed E-state index contributed by atoms with van der Waals surface area (Å²) in [4.78, 5) is 14.1. The van der Waals surface area contributed by atoms with Crippen LogP contribution in [-0.2, 0) is 10.0 Å². The molecule has 0 aliphatic carbocycles. The van der Waals surface area contributed by atoms with Gasteiger partial charge < -0.3 is 4.90 Å². The van der Waals surface area contributed by atoms with Crippen molar-refractivity contribution in [3.63, 3.8) is 0 Å². The number of alkyl halides is 3. The number of benzene rings is 2. The Balaban J connectivity index is 1.64. The molecular formula is C18H16ClF3N2O3S2. The number of thioether (sulfide) groups is 1. The highest BCUT2D eigenvalue weighted by Gasteiger charge is 2.31. The van der Waals surface area contributed by atoms with Gasteiger partial charge in [-0.15, -0.1) is 0 Å². The molecule has 5 nitrogen and oxygen atoms in total. The molecule has 0 unspecified atom stereocenters. The molecule has 0 N–H and O–H groups in total. The molecule has 0 saturated carbocycles. The predicted octanol–water partition coefficient (Wildman–Crippen LogP) is 4.10. The lowest BCUT2D eigenvalue weighted by Gasteiger charge is -2.34. The summed E-state index contributed by atoms with van der Waals surface area (Å²) in [7, 11) is -3.72. The quantitative estimate of drug-likeness (QED) is 0.639. The predicted molar refractivity (Wildman–Crippen MR) is 104 cm³/mol. The standard InChI is InChI=1S/C18H16ClF3N2O3S2/c19-14-2-1-3-16(12-14)29(26,27)24-10-8-23(9-11-24)17(25)13-4-6-15(7-5-13)28-18(20,21)22/h1-7,12H,8-11H2. The maximum Gasteiger partial charge on any atom is 0.446 e. The first kappa shape index (κ1) is 21.9. The summed E-state index contributed by atoms with van der Waals surface area (Å²) < 4.78 is 63.9. The lowest BCUT2D eigenvalue weighted by molar-refractivity contribution is -0.0328. The SMILES string of the molecule is O=C(c1ccc(SC(F)(F)F)cc1)N1CCN(S(=O)(=O)c2cccc(Cl)c2)CC1. The maximum absolute atomic E-state index is 12.7. The van der Waals surface area contributed by atoms with E-state index in [1.165, 1.54) is 45.6 Å². The zero-order valence-electron chi connectivity index (χ0n) is 14.9. The smallest absolute Gasteiger partial charge is 0.336 e. The van der Waals surface area contributed by atoms with Crippen LogP contribution in [0.1, 0.15) is 10.4 Å². The Kier molecular flexibility index (Phi) is 6.47. The van der Waals surface area contributed by atoms with Crippen LogP contribution in [-0.4, -0.2) is 55.2 Å². The topological polar surface area (TPSA) is 57.7 Å². The fraction of sp³-hybridized carbons (Fsp3) is 0.278. The molecule has 0 bridgehead atoms. The number of halogens is 4. The second-order valence-electron chi connectivity index (χ2n) is 6.23. The van der Waals surface area contributed by atoms with Gasteiger partial charge in [0.2, 0.25) is 10.0 Å². The fourth-order valence-corrected chi connectivity index (χ4v) is 5.15. The van der Waals surface area contributed by atoms with Crippen LogP contribution in [0.3, 0.4) is 0 Å². The van der Waals surface area contributed by atoms with E-state index in [-0.39, 0.29) is 59.2 Å².